The Bertz CT molecular complexity index is 563. The number of aliphatic imine (C=N–C) groups is 1. The third-order valence-electron chi connectivity index (χ3n) is 3.27. The van der Waals surface area contributed by atoms with Gasteiger partial charge in [0.15, 0.2) is 0 Å². The van der Waals surface area contributed by atoms with E-state index in [4.69, 9.17) is 9.47 Å². The van der Waals surface area contributed by atoms with E-state index in [1.807, 2.05) is 58.0 Å². The van der Waals surface area contributed by atoms with Crippen molar-refractivity contribution < 1.29 is 19.1 Å². The Morgan fingerprint density at radius 2 is 1.96 bits per heavy atom. The summed E-state index contributed by atoms with van der Waals surface area (Å²) in [6.07, 6.45) is 1.53. The number of hydrogen-bond acceptors (Lipinski definition) is 5. The van der Waals surface area contributed by atoms with Gasteiger partial charge in [-0.1, -0.05) is 30.3 Å². The number of isocyanates is 1. The van der Waals surface area contributed by atoms with Gasteiger partial charge in [-0.15, -0.1) is 0 Å². The molecule has 0 aliphatic rings. The molecule has 0 saturated heterocycles. The Morgan fingerprint density at radius 3 is 2.56 bits per heavy atom. The molecule has 0 aliphatic heterocycles. The number of carbonyl (C=O) groups is 1. The molecule has 0 radical (unpaired) electrons. The van der Waals surface area contributed by atoms with Gasteiger partial charge in [-0.05, 0) is 39.7 Å². The number of hydrogen-bond donors (Lipinski definition) is 0. The fraction of sp³-hybridized carbons (Fsp3) is 0.579. The van der Waals surface area contributed by atoms with E-state index in [0.717, 1.165) is 5.56 Å². The van der Waals surface area contributed by atoms with Crippen molar-refractivity contribution in [2.45, 2.75) is 52.4 Å². The van der Waals surface area contributed by atoms with E-state index in [1.165, 1.54) is 6.08 Å². The van der Waals surface area contributed by atoms with Crippen LogP contribution in [0.2, 0.25) is 0 Å². The molecule has 0 aliphatic carbocycles. The maximum atomic E-state index is 12.4. The van der Waals surface area contributed by atoms with Crippen molar-refractivity contribution in [1.29, 1.82) is 0 Å². The molecule has 1 amide bonds. The van der Waals surface area contributed by atoms with Crippen molar-refractivity contribution >= 4 is 12.2 Å². The lowest BCUT2D eigenvalue weighted by atomic mass is 10.2. The third kappa shape index (κ3) is 9.65. The van der Waals surface area contributed by atoms with Crippen molar-refractivity contribution in [3.05, 3.63) is 35.9 Å². The molecule has 1 unspecified atom stereocenters. The SMILES string of the molecule is CC(CN(CCCN=C=O)C(=O)OC(C)(C)C)OCc1ccccc1. The average molecular weight is 348 g/mol. The van der Waals surface area contributed by atoms with Crippen LogP contribution in [-0.2, 0) is 20.9 Å². The molecule has 6 heteroatoms. The molecule has 0 bridgehead atoms. The molecule has 1 aromatic carbocycles. The predicted molar refractivity (Wildman–Crippen MR) is 96.1 cm³/mol. The van der Waals surface area contributed by atoms with Crippen LogP contribution in [-0.4, -0.2) is 48.4 Å². The number of benzene rings is 1. The van der Waals surface area contributed by atoms with Crippen molar-refractivity contribution in [2.75, 3.05) is 19.6 Å². The van der Waals surface area contributed by atoms with Gasteiger partial charge in [0.1, 0.15) is 5.60 Å². The number of nitrogens with zero attached hydrogens (tertiary/aromatic N) is 2. The monoisotopic (exact) mass is 348 g/mol. The molecule has 0 heterocycles. The molecule has 0 saturated carbocycles. The molecule has 1 atom stereocenters. The summed E-state index contributed by atoms with van der Waals surface area (Å²) in [5.41, 5.74) is 0.517. The zero-order chi connectivity index (χ0) is 18.7. The van der Waals surface area contributed by atoms with Gasteiger partial charge in [-0.25, -0.2) is 14.6 Å². The number of ether oxygens (including phenoxy) is 2. The van der Waals surface area contributed by atoms with Gasteiger partial charge in [0.25, 0.3) is 0 Å². The molecule has 0 aromatic heterocycles. The number of amides is 1. The summed E-state index contributed by atoms with van der Waals surface area (Å²) in [6.45, 7) is 9.08. The second-order valence-electron chi connectivity index (χ2n) is 6.86. The molecule has 0 N–H and O–H groups in total. The first-order valence-electron chi connectivity index (χ1n) is 8.49. The summed E-state index contributed by atoms with van der Waals surface area (Å²) < 4.78 is 11.3. The zero-order valence-corrected chi connectivity index (χ0v) is 15.5. The largest absolute Gasteiger partial charge is 0.444 e. The van der Waals surface area contributed by atoms with Crippen molar-refractivity contribution in [1.82, 2.24) is 4.90 Å². The summed E-state index contributed by atoms with van der Waals surface area (Å²) in [5, 5.41) is 0. The van der Waals surface area contributed by atoms with E-state index in [2.05, 4.69) is 4.99 Å². The van der Waals surface area contributed by atoms with Crippen LogP contribution >= 0.6 is 0 Å². The van der Waals surface area contributed by atoms with Gasteiger partial charge >= 0.3 is 6.09 Å². The number of rotatable bonds is 9. The van der Waals surface area contributed by atoms with Gasteiger partial charge in [0, 0.05) is 13.1 Å². The fourth-order valence-corrected chi connectivity index (χ4v) is 2.15. The second kappa shape index (κ2) is 10.6. The minimum atomic E-state index is -0.565. The van der Waals surface area contributed by atoms with Crippen LogP contribution in [0.4, 0.5) is 4.79 Å². The smallest absolute Gasteiger partial charge is 0.410 e. The molecule has 138 valence electrons. The van der Waals surface area contributed by atoms with Gasteiger partial charge in [-0.2, -0.15) is 0 Å². The molecule has 25 heavy (non-hydrogen) atoms. The summed E-state index contributed by atoms with van der Waals surface area (Å²) in [7, 11) is 0. The first-order chi connectivity index (χ1) is 11.8. The molecule has 6 nitrogen and oxygen atoms in total. The molecule has 0 fully saturated rings. The lowest BCUT2D eigenvalue weighted by molar-refractivity contribution is -0.00201. The Labute approximate surface area is 149 Å². The van der Waals surface area contributed by atoms with Crippen LogP contribution in [0.5, 0.6) is 0 Å². The highest BCUT2D eigenvalue weighted by molar-refractivity contribution is 5.68. The Balaban J connectivity index is 2.57. The van der Waals surface area contributed by atoms with E-state index >= 15 is 0 Å². The van der Waals surface area contributed by atoms with Gasteiger partial charge < -0.3 is 14.4 Å². The van der Waals surface area contributed by atoms with E-state index in [0.29, 0.717) is 32.7 Å². The van der Waals surface area contributed by atoms with Crippen molar-refractivity contribution in [3.63, 3.8) is 0 Å². The molecule has 1 rings (SSSR count). The number of carbonyl (C=O) groups excluding carboxylic acids is 2. The van der Waals surface area contributed by atoms with Gasteiger partial charge in [0.05, 0.1) is 19.3 Å². The normalized spacial score (nSPS) is 12.2. The minimum absolute atomic E-state index is 0.151. The van der Waals surface area contributed by atoms with E-state index < -0.39 is 11.7 Å². The van der Waals surface area contributed by atoms with E-state index in [9.17, 15) is 9.59 Å². The van der Waals surface area contributed by atoms with Crippen molar-refractivity contribution in [2.24, 2.45) is 4.99 Å². The van der Waals surface area contributed by atoms with Gasteiger partial charge in [0.2, 0.25) is 6.08 Å². The standard InChI is InChI=1S/C19H28N2O4/c1-16(24-14-17-9-6-5-7-10-17)13-21(12-8-11-20-15-22)18(23)25-19(2,3)4/h5-7,9-10,16H,8,11-14H2,1-4H3. The maximum absolute atomic E-state index is 12.4. The Kier molecular flexibility index (Phi) is 8.89. The Hall–Kier alpha value is -2.17. The lowest BCUT2D eigenvalue weighted by Crippen LogP contribution is -2.41. The highest BCUT2D eigenvalue weighted by Gasteiger charge is 2.23. The highest BCUT2D eigenvalue weighted by atomic mass is 16.6. The minimum Gasteiger partial charge on any atom is -0.444 e. The maximum Gasteiger partial charge on any atom is 0.410 e. The van der Waals surface area contributed by atoms with Crippen molar-refractivity contribution in [3.8, 4) is 0 Å². The molecule has 0 spiro atoms. The fourth-order valence-electron chi connectivity index (χ4n) is 2.15. The summed E-state index contributed by atoms with van der Waals surface area (Å²) in [4.78, 5) is 27.6. The zero-order valence-electron chi connectivity index (χ0n) is 15.5. The van der Waals surface area contributed by atoms with E-state index in [-0.39, 0.29) is 6.10 Å². The van der Waals surface area contributed by atoms with Crippen LogP contribution in [0.15, 0.2) is 35.3 Å². The van der Waals surface area contributed by atoms with Crippen LogP contribution in [0, 0.1) is 0 Å². The Morgan fingerprint density at radius 1 is 1.28 bits per heavy atom. The van der Waals surface area contributed by atoms with Gasteiger partial charge in [-0.3, -0.25) is 0 Å². The predicted octanol–water partition coefficient (Wildman–Crippen LogP) is 3.55. The van der Waals surface area contributed by atoms with E-state index in [1.54, 1.807) is 4.90 Å². The van der Waals surface area contributed by atoms with Crippen LogP contribution < -0.4 is 0 Å². The van der Waals surface area contributed by atoms with Crippen LogP contribution in [0.25, 0.3) is 0 Å². The highest BCUT2D eigenvalue weighted by Crippen LogP contribution is 2.12. The topological polar surface area (TPSA) is 68.2 Å². The summed E-state index contributed by atoms with van der Waals surface area (Å²) >= 11 is 0. The lowest BCUT2D eigenvalue weighted by Gasteiger charge is -2.29. The quantitative estimate of drug-likeness (QED) is 0.389. The second-order valence-corrected chi connectivity index (χ2v) is 6.86. The summed E-state index contributed by atoms with van der Waals surface area (Å²) in [5.74, 6) is 0. The molecule has 1 aromatic rings. The summed E-state index contributed by atoms with van der Waals surface area (Å²) in [6, 6.07) is 9.87. The average Bonchev–Trinajstić information content (AvgIpc) is 2.55. The first kappa shape index (κ1) is 20.9. The molecular formula is C19H28N2O4. The van der Waals surface area contributed by atoms with Crippen LogP contribution in [0.3, 0.4) is 0 Å². The van der Waals surface area contributed by atoms with Crippen LogP contribution in [0.1, 0.15) is 39.7 Å². The third-order valence-corrected chi connectivity index (χ3v) is 3.27. The first-order valence-corrected chi connectivity index (χ1v) is 8.49. The molecular weight excluding hydrogens is 320 g/mol.